The van der Waals surface area contributed by atoms with Crippen molar-refractivity contribution in [1.82, 2.24) is 34.1 Å². The molecule has 6 rings (SSSR count). The molecule has 3 aliphatic heterocycles. The van der Waals surface area contributed by atoms with Gasteiger partial charge in [-0.25, -0.2) is 9.31 Å². The highest BCUT2D eigenvalue weighted by Crippen LogP contribution is 2.44. The number of amides is 2. The van der Waals surface area contributed by atoms with Gasteiger partial charge in [0.25, 0.3) is 5.91 Å². The molecule has 0 aliphatic carbocycles. The van der Waals surface area contributed by atoms with Gasteiger partial charge in [0.2, 0.25) is 0 Å². The molecule has 50 heavy (non-hydrogen) atoms. The normalized spacial score (nSPS) is 18.9. The average Bonchev–Trinajstić information content (AvgIpc) is 3.67. The number of pyridine rings is 1. The van der Waals surface area contributed by atoms with E-state index >= 15 is 0 Å². The third-order valence-electron chi connectivity index (χ3n) is 10.6. The zero-order valence-corrected chi connectivity index (χ0v) is 30.2. The van der Waals surface area contributed by atoms with Crippen LogP contribution in [0.5, 0.6) is 5.75 Å². The van der Waals surface area contributed by atoms with Crippen molar-refractivity contribution >= 4 is 17.5 Å². The first-order chi connectivity index (χ1) is 23.7. The summed E-state index contributed by atoms with van der Waals surface area (Å²) >= 11 is 0. The van der Waals surface area contributed by atoms with Crippen molar-refractivity contribution in [2.24, 2.45) is 5.41 Å². The molecule has 0 atom stereocenters. The molecule has 0 unspecified atom stereocenters. The van der Waals surface area contributed by atoms with Crippen molar-refractivity contribution < 1.29 is 19.1 Å². The zero-order valence-electron chi connectivity index (χ0n) is 30.2. The van der Waals surface area contributed by atoms with Gasteiger partial charge < -0.3 is 19.3 Å². The lowest BCUT2D eigenvalue weighted by molar-refractivity contribution is -0.128. The van der Waals surface area contributed by atoms with Crippen molar-refractivity contribution in [3.63, 3.8) is 0 Å². The second kappa shape index (κ2) is 13.1. The van der Waals surface area contributed by atoms with Gasteiger partial charge in [0.15, 0.2) is 0 Å². The second-order valence-corrected chi connectivity index (χ2v) is 15.5. The summed E-state index contributed by atoms with van der Waals surface area (Å²) in [6, 6.07) is 6.37. The van der Waals surface area contributed by atoms with E-state index in [1.165, 1.54) is 6.20 Å². The van der Waals surface area contributed by atoms with Gasteiger partial charge in [0.05, 0.1) is 25.5 Å². The van der Waals surface area contributed by atoms with Crippen molar-refractivity contribution in [2.45, 2.75) is 84.4 Å². The van der Waals surface area contributed by atoms with Crippen molar-refractivity contribution in [1.29, 1.82) is 10.5 Å². The first kappa shape index (κ1) is 35.0. The Morgan fingerprint density at radius 3 is 2.28 bits per heavy atom. The zero-order chi connectivity index (χ0) is 36.0. The van der Waals surface area contributed by atoms with Gasteiger partial charge in [-0.2, -0.15) is 20.7 Å². The fourth-order valence-electron chi connectivity index (χ4n) is 7.59. The molecule has 0 N–H and O–H groups in total. The molecule has 0 saturated carbocycles. The van der Waals surface area contributed by atoms with Crippen molar-refractivity contribution in [3.8, 4) is 29.0 Å². The standard InChI is InChI=1S/C37H47N9O4/c1-25-30(26-16-31(49-7)32-28(19-39)20-40-45(32)22-26)21-41-46(25)29-8-12-42(13-9-29)33(47)27(18-38)17-36(5,6)44-23-37(24-44)10-14-43(15-11-37)34(48)50-35(2,3)4/h16-17,20-22,29H,8-15,23-24H2,1-7H3/b27-17+. The van der Waals surface area contributed by atoms with E-state index in [9.17, 15) is 20.1 Å². The quantitative estimate of drug-likeness (QED) is 0.256. The molecule has 3 saturated heterocycles. The minimum absolute atomic E-state index is 0.110. The highest BCUT2D eigenvalue weighted by Gasteiger charge is 2.49. The summed E-state index contributed by atoms with van der Waals surface area (Å²) in [6.07, 6.45) is 10.1. The molecular formula is C37H47N9O4. The van der Waals surface area contributed by atoms with Crippen molar-refractivity contribution in [3.05, 3.63) is 47.6 Å². The number of piperidine rings is 2. The second-order valence-electron chi connectivity index (χ2n) is 15.5. The molecule has 1 spiro atoms. The van der Waals surface area contributed by atoms with Gasteiger partial charge in [0, 0.05) is 67.8 Å². The van der Waals surface area contributed by atoms with Crippen LogP contribution < -0.4 is 4.74 Å². The van der Waals surface area contributed by atoms with E-state index in [0.717, 1.165) is 55.6 Å². The van der Waals surface area contributed by atoms with E-state index in [-0.39, 0.29) is 29.0 Å². The maximum Gasteiger partial charge on any atom is 0.410 e. The van der Waals surface area contributed by atoms with Crippen LogP contribution in [-0.2, 0) is 9.53 Å². The first-order valence-electron chi connectivity index (χ1n) is 17.3. The Balaban J connectivity index is 1.06. The number of aromatic nitrogens is 4. The molecule has 3 aromatic rings. The van der Waals surface area contributed by atoms with Gasteiger partial charge in [-0.05, 0) is 84.8 Å². The van der Waals surface area contributed by atoms with E-state index in [1.54, 1.807) is 21.4 Å². The molecule has 13 nitrogen and oxygen atoms in total. The summed E-state index contributed by atoms with van der Waals surface area (Å²) < 4.78 is 14.8. The number of ether oxygens (including phenoxy) is 2. The minimum Gasteiger partial charge on any atom is -0.494 e. The summed E-state index contributed by atoms with van der Waals surface area (Å²) in [4.78, 5) is 32.1. The number of carbonyl (C=O) groups is 2. The largest absolute Gasteiger partial charge is 0.494 e. The Morgan fingerprint density at radius 1 is 1.00 bits per heavy atom. The van der Waals surface area contributed by atoms with E-state index in [4.69, 9.17) is 14.6 Å². The molecule has 264 valence electrons. The summed E-state index contributed by atoms with van der Waals surface area (Å²) in [7, 11) is 1.58. The van der Waals surface area contributed by atoms with E-state index in [1.807, 2.05) is 56.9 Å². The van der Waals surface area contributed by atoms with Crippen LogP contribution in [0.4, 0.5) is 4.79 Å². The highest BCUT2D eigenvalue weighted by atomic mass is 16.6. The number of carbonyl (C=O) groups excluding carboxylic acids is 2. The Labute approximate surface area is 293 Å². The number of nitrogens with zero attached hydrogens (tertiary/aromatic N) is 9. The molecule has 3 fully saturated rings. The topological polar surface area (TPSA) is 145 Å². The maximum atomic E-state index is 13.6. The summed E-state index contributed by atoms with van der Waals surface area (Å²) in [6.45, 7) is 15.9. The minimum atomic E-state index is -0.510. The predicted octanol–water partition coefficient (Wildman–Crippen LogP) is 5.11. The van der Waals surface area contributed by atoms with E-state index < -0.39 is 11.1 Å². The lowest BCUT2D eigenvalue weighted by atomic mass is 9.70. The van der Waals surface area contributed by atoms with Crippen LogP contribution in [0.25, 0.3) is 16.6 Å². The van der Waals surface area contributed by atoms with Gasteiger partial charge in [0.1, 0.15) is 40.1 Å². The summed E-state index contributed by atoms with van der Waals surface area (Å²) in [5.41, 5.74) is 3.23. The number of fused-ring (bicyclic) bond motifs is 1. The molecule has 6 heterocycles. The monoisotopic (exact) mass is 681 g/mol. The molecule has 2 amide bonds. The number of hydrogen-bond donors (Lipinski definition) is 0. The molecule has 0 bridgehead atoms. The van der Waals surface area contributed by atoms with Crippen LogP contribution in [0.1, 0.15) is 77.6 Å². The predicted molar refractivity (Wildman–Crippen MR) is 186 cm³/mol. The van der Waals surface area contributed by atoms with Crippen LogP contribution in [0.15, 0.2) is 36.3 Å². The molecule has 0 aromatic carbocycles. The molecule has 0 radical (unpaired) electrons. The average molecular weight is 682 g/mol. The number of methoxy groups -OCH3 is 1. The third kappa shape index (κ3) is 6.67. The van der Waals surface area contributed by atoms with Crippen LogP contribution in [0, 0.1) is 35.0 Å². The van der Waals surface area contributed by atoms with Gasteiger partial charge in [-0.3, -0.25) is 14.4 Å². The molecule has 3 aromatic heterocycles. The number of rotatable bonds is 6. The van der Waals surface area contributed by atoms with Crippen LogP contribution in [-0.4, -0.2) is 104 Å². The van der Waals surface area contributed by atoms with Crippen LogP contribution >= 0.6 is 0 Å². The lowest BCUT2D eigenvalue weighted by Gasteiger charge is -2.58. The van der Waals surface area contributed by atoms with Gasteiger partial charge in [-0.15, -0.1) is 0 Å². The SMILES string of the molecule is COc1cc(-c2cnn(C3CCN(C(=O)/C(C#N)=C/C(C)(C)N4CC5(CCN(C(=O)OC(C)(C)C)CC5)C4)CC3)c2C)cn2ncc(C#N)c12. The fourth-order valence-corrected chi connectivity index (χ4v) is 7.59. The number of hydrogen-bond acceptors (Lipinski definition) is 9. The lowest BCUT2D eigenvalue weighted by Crippen LogP contribution is -2.65. The van der Waals surface area contributed by atoms with Gasteiger partial charge >= 0.3 is 6.09 Å². The Bertz CT molecular complexity index is 1890. The highest BCUT2D eigenvalue weighted by molar-refractivity contribution is 5.97. The Hall–Kier alpha value is -4.88. The molecule has 3 aliphatic rings. The molecular weight excluding hydrogens is 634 g/mol. The smallest absolute Gasteiger partial charge is 0.410 e. The maximum absolute atomic E-state index is 13.6. The van der Waals surface area contributed by atoms with E-state index in [2.05, 4.69) is 36.0 Å². The Kier molecular flexibility index (Phi) is 9.16. The summed E-state index contributed by atoms with van der Waals surface area (Å²) in [5, 5.41) is 28.6. The number of nitriles is 2. The Morgan fingerprint density at radius 2 is 1.68 bits per heavy atom. The first-order valence-corrected chi connectivity index (χ1v) is 17.3. The van der Waals surface area contributed by atoms with E-state index in [0.29, 0.717) is 43.0 Å². The van der Waals surface area contributed by atoms with Gasteiger partial charge in [-0.1, -0.05) is 0 Å². The fraction of sp³-hybridized carbons (Fsp3) is 0.568. The number of likely N-dealkylation sites (tertiary alicyclic amines) is 3. The molecule has 13 heteroatoms. The van der Waals surface area contributed by atoms with Crippen LogP contribution in [0.3, 0.4) is 0 Å². The summed E-state index contributed by atoms with van der Waals surface area (Å²) in [5.74, 6) is 0.337. The third-order valence-corrected chi connectivity index (χ3v) is 10.6. The van der Waals surface area contributed by atoms with Crippen LogP contribution in [0.2, 0.25) is 0 Å². The van der Waals surface area contributed by atoms with Crippen molar-refractivity contribution in [2.75, 3.05) is 46.4 Å².